The first-order valence-electron chi connectivity index (χ1n) is 6.48. The van der Waals surface area contributed by atoms with Crippen LogP contribution >= 0.6 is 0 Å². The molecule has 2 N–H and O–H groups in total. The van der Waals surface area contributed by atoms with Crippen LogP contribution < -0.4 is 5.32 Å². The molecule has 0 radical (unpaired) electrons. The third kappa shape index (κ3) is 3.51. The van der Waals surface area contributed by atoms with Gasteiger partial charge in [-0.2, -0.15) is 0 Å². The number of hydrogen-bond donors (Lipinski definition) is 2. The summed E-state index contributed by atoms with van der Waals surface area (Å²) in [6.45, 7) is 2.10. The maximum Gasteiger partial charge on any atom is 0.333 e. The summed E-state index contributed by atoms with van der Waals surface area (Å²) in [6, 6.07) is 15.4. The Bertz CT molecular complexity index is 552. The van der Waals surface area contributed by atoms with E-state index in [4.69, 9.17) is 4.74 Å². The van der Waals surface area contributed by atoms with Crippen molar-refractivity contribution < 1.29 is 14.6 Å². The Morgan fingerprint density at radius 1 is 1.15 bits per heavy atom. The van der Waals surface area contributed by atoms with Gasteiger partial charge in [-0.25, -0.2) is 4.79 Å². The molecule has 20 heavy (non-hydrogen) atoms. The molecule has 1 atom stereocenters. The number of benzene rings is 2. The van der Waals surface area contributed by atoms with E-state index < -0.39 is 6.04 Å². The summed E-state index contributed by atoms with van der Waals surface area (Å²) in [6.07, 6.45) is 0. The van der Waals surface area contributed by atoms with Gasteiger partial charge in [-0.3, -0.25) is 0 Å². The summed E-state index contributed by atoms with van der Waals surface area (Å²) in [5, 5.41) is 12.5. The van der Waals surface area contributed by atoms with Crippen molar-refractivity contribution in [2.24, 2.45) is 0 Å². The zero-order chi connectivity index (χ0) is 14.4. The molecule has 2 rings (SSSR count). The lowest BCUT2D eigenvalue weighted by Crippen LogP contribution is -2.23. The lowest BCUT2D eigenvalue weighted by Gasteiger charge is -2.18. The van der Waals surface area contributed by atoms with Gasteiger partial charge >= 0.3 is 5.97 Å². The Kier molecular flexibility index (Phi) is 4.60. The average molecular weight is 271 g/mol. The summed E-state index contributed by atoms with van der Waals surface area (Å²) in [4.78, 5) is 12.1. The van der Waals surface area contributed by atoms with Gasteiger partial charge in [0, 0.05) is 5.69 Å². The van der Waals surface area contributed by atoms with Crippen LogP contribution in [0.2, 0.25) is 0 Å². The average Bonchev–Trinajstić information content (AvgIpc) is 2.47. The van der Waals surface area contributed by atoms with Crippen molar-refractivity contribution in [3.63, 3.8) is 0 Å². The number of anilines is 1. The molecule has 0 amide bonds. The van der Waals surface area contributed by atoms with E-state index in [-0.39, 0.29) is 11.7 Å². The maximum absolute atomic E-state index is 12.1. The molecule has 104 valence electrons. The Hall–Kier alpha value is -2.49. The van der Waals surface area contributed by atoms with Crippen molar-refractivity contribution in [3.05, 3.63) is 60.2 Å². The topological polar surface area (TPSA) is 58.6 Å². The first-order chi connectivity index (χ1) is 9.70. The zero-order valence-electron chi connectivity index (χ0n) is 11.2. The van der Waals surface area contributed by atoms with Gasteiger partial charge in [0.05, 0.1) is 6.61 Å². The van der Waals surface area contributed by atoms with Crippen molar-refractivity contribution >= 4 is 11.7 Å². The van der Waals surface area contributed by atoms with Crippen molar-refractivity contribution in [2.75, 3.05) is 11.9 Å². The second-order valence-electron chi connectivity index (χ2n) is 4.29. The van der Waals surface area contributed by atoms with Crippen LogP contribution in [0.3, 0.4) is 0 Å². The van der Waals surface area contributed by atoms with E-state index in [1.807, 2.05) is 30.3 Å². The molecule has 0 bridgehead atoms. The third-order valence-electron chi connectivity index (χ3n) is 2.83. The Balaban J connectivity index is 2.25. The molecule has 0 fully saturated rings. The fourth-order valence-corrected chi connectivity index (χ4v) is 1.87. The molecule has 0 saturated heterocycles. The summed E-state index contributed by atoms with van der Waals surface area (Å²) in [5.41, 5.74) is 1.57. The number of para-hydroxylation sites is 1. The highest BCUT2D eigenvalue weighted by Crippen LogP contribution is 2.22. The van der Waals surface area contributed by atoms with Crippen LogP contribution in [0.25, 0.3) is 0 Å². The minimum absolute atomic E-state index is 0.163. The molecule has 0 aliphatic heterocycles. The molecule has 2 aromatic carbocycles. The lowest BCUT2D eigenvalue weighted by molar-refractivity contribution is -0.144. The van der Waals surface area contributed by atoms with Crippen LogP contribution in [0.5, 0.6) is 5.75 Å². The molecule has 4 nitrogen and oxygen atoms in total. The lowest BCUT2D eigenvalue weighted by atomic mass is 10.1. The molecule has 0 saturated carbocycles. The molecular weight excluding hydrogens is 254 g/mol. The molecule has 2 aromatic rings. The second-order valence-corrected chi connectivity index (χ2v) is 4.29. The van der Waals surface area contributed by atoms with E-state index in [9.17, 15) is 9.90 Å². The van der Waals surface area contributed by atoms with Gasteiger partial charge in [-0.15, -0.1) is 0 Å². The van der Waals surface area contributed by atoms with E-state index in [2.05, 4.69) is 5.32 Å². The predicted molar refractivity (Wildman–Crippen MR) is 77.5 cm³/mol. The van der Waals surface area contributed by atoms with Gasteiger partial charge in [0.15, 0.2) is 6.04 Å². The first-order valence-corrected chi connectivity index (χ1v) is 6.48. The van der Waals surface area contributed by atoms with E-state index in [0.717, 1.165) is 11.3 Å². The number of phenols is 1. The molecule has 4 heteroatoms. The molecule has 0 heterocycles. The zero-order valence-corrected chi connectivity index (χ0v) is 11.2. The van der Waals surface area contributed by atoms with Crippen molar-refractivity contribution in [2.45, 2.75) is 13.0 Å². The van der Waals surface area contributed by atoms with Crippen LogP contribution in [0.4, 0.5) is 5.69 Å². The number of carbonyl (C=O) groups is 1. The highest BCUT2D eigenvalue weighted by atomic mass is 16.5. The highest BCUT2D eigenvalue weighted by Gasteiger charge is 2.21. The van der Waals surface area contributed by atoms with Gasteiger partial charge in [-0.1, -0.05) is 30.3 Å². The van der Waals surface area contributed by atoms with Gasteiger partial charge in [0.25, 0.3) is 0 Å². The van der Waals surface area contributed by atoms with Crippen LogP contribution in [0, 0.1) is 0 Å². The van der Waals surface area contributed by atoms with Gasteiger partial charge in [0.2, 0.25) is 0 Å². The summed E-state index contributed by atoms with van der Waals surface area (Å²) in [5.74, 6) is -0.182. The summed E-state index contributed by atoms with van der Waals surface area (Å²) in [7, 11) is 0. The summed E-state index contributed by atoms with van der Waals surface area (Å²) < 4.78 is 5.10. The molecule has 1 unspecified atom stereocenters. The van der Waals surface area contributed by atoms with Gasteiger partial charge < -0.3 is 15.2 Å². The van der Waals surface area contributed by atoms with E-state index >= 15 is 0 Å². The number of rotatable bonds is 5. The van der Waals surface area contributed by atoms with Crippen LogP contribution in [0.15, 0.2) is 54.6 Å². The first kappa shape index (κ1) is 13.9. The minimum Gasteiger partial charge on any atom is -0.508 e. The summed E-state index contributed by atoms with van der Waals surface area (Å²) >= 11 is 0. The Morgan fingerprint density at radius 3 is 2.40 bits per heavy atom. The quantitative estimate of drug-likeness (QED) is 0.820. The number of phenolic OH excluding ortho intramolecular Hbond substituents is 1. The number of nitrogens with one attached hydrogen (secondary N) is 1. The normalized spacial score (nSPS) is 11.7. The minimum atomic E-state index is -0.599. The van der Waals surface area contributed by atoms with Crippen LogP contribution in [-0.2, 0) is 9.53 Å². The highest BCUT2D eigenvalue weighted by molar-refractivity contribution is 5.81. The van der Waals surface area contributed by atoms with Crippen LogP contribution in [-0.4, -0.2) is 17.7 Å². The van der Waals surface area contributed by atoms with E-state index in [1.54, 1.807) is 31.2 Å². The monoisotopic (exact) mass is 271 g/mol. The number of esters is 1. The van der Waals surface area contributed by atoms with E-state index in [0.29, 0.717) is 6.61 Å². The molecular formula is C16H17NO3. The molecule has 0 aliphatic carbocycles. The number of hydrogen-bond acceptors (Lipinski definition) is 4. The smallest absolute Gasteiger partial charge is 0.333 e. The SMILES string of the molecule is CCOC(=O)C(Nc1ccccc1)c1ccc(O)cc1. The maximum atomic E-state index is 12.1. The van der Waals surface area contributed by atoms with Crippen molar-refractivity contribution in [3.8, 4) is 5.75 Å². The number of aromatic hydroxyl groups is 1. The predicted octanol–water partition coefficient (Wildman–Crippen LogP) is 3.11. The van der Waals surface area contributed by atoms with Crippen LogP contribution in [0.1, 0.15) is 18.5 Å². The fourth-order valence-electron chi connectivity index (χ4n) is 1.87. The molecule has 0 aliphatic rings. The molecule has 0 spiro atoms. The number of ether oxygens (including phenoxy) is 1. The standard InChI is InChI=1S/C16H17NO3/c1-2-20-16(19)15(12-8-10-14(18)11-9-12)17-13-6-4-3-5-7-13/h3-11,15,17-18H,2H2,1H3. The Labute approximate surface area is 118 Å². The van der Waals surface area contributed by atoms with Gasteiger partial charge in [0.1, 0.15) is 5.75 Å². The van der Waals surface area contributed by atoms with Crippen molar-refractivity contribution in [1.82, 2.24) is 0 Å². The van der Waals surface area contributed by atoms with Gasteiger partial charge in [-0.05, 0) is 36.8 Å². The number of carbonyl (C=O) groups excluding carboxylic acids is 1. The second kappa shape index (κ2) is 6.61. The Morgan fingerprint density at radius 2 is 1.80 bits per heavy atom. The van der Waals surface area contributed by atoms with Crippen molar-refractivity contribution in [1.29, 1.82) is 0 Å². The fraction of sp³-hybridized carbons (Fsp3) is 0.188. The third-order valence-corrected chi connectivity index (χ3v) is 2.83. The van der Waals surface area contributed by atoms with E-state index in [1.165, 1.54) is 0 Å². The largest absolute Gasteiger partial charge is 0.508 e. The molecule has 0 aromatic heterocycles.